The van der Waals surface area contributed by atoms with Crippen molar-refractivity contribution in [1.29, 1.82) is 0 Å². The summed E-state index contributed by atoms with van der Waals surface area (Å²) >= 11 is 1.18. The number of esters is 2. The second-order valence-corrected chi connectivity index (χ2v) is 6.41. The fourth-order valence-corrected chi connectivity index (χ4v) is 3.96. The van der Waals surface area contributed by atoms with Crippen LogP contribution in [0.25, 0.3) is 10.8 Å². The molecular formula is C18H9NO5S. The van der Waals surface area contributed by atoms with Crippen molar-refractivity contribution in [1.82, 2.24) is 0 Å². The summed E-state index contributed by atoms with van der Waals surface area (Å²) in [6, 6.07) is 15.9. The molecule has 0 atom stereocenters. The first-order chi connectivity index (χ1) is 12.1. The first-order valence-electron chi connectivity index (χ1n) is 7.30. The van der Waals surface area contributed by atoms with E-state index in [1.54, 1.807) is 24.3 Å². The maximum absolute atomic E-state index is 12.1. The van der Waals surface area contributed by atoms with Crippen molar-refractivity contribution >= 4 is 40.2 Å². The minimum Gasteiger partial charge on any atom is -0.385 e. The van der Waals surface area contributed by atoms with Crippen LogP contribution < -0.4 is 0 Å². The molecule has 0 fully saturated rings. The Labute approximate surface area is 145 Å². The van der Waals surface area contributed by atoms with Gasteiger partial charge in [0.25, 0.3) is 5.69 Å². The lowest BCUT2D eigenvalue weighted by molar-refractivity contribution is -0.387. The number of hydrogen-bond donors (Lipinski definition) is 0. The maximum Gasteiger partial charge on any atom is 0.354 e. The lowest BCUT2D eigenvalue weighted by atomic mass is 9.98. The van der Waals surface area contributed by atoms with Crippen molar-refractivity contribution in [3.63, 3.8) is 0 Å². The third kappa shape index (κ3) is 2.36. The second-order valence-electron chi connectivity index (χ2n) is 5.32. The molecule has 6 nitrogen and oxygen atoms in total. The molecule has 1 aliphatic heterocycles. The Kier molecular flexibility index (Phi) is 3.51. The summed E-state index contributed by atoms with van der Waals surface area (Å²) in [7, 11) is 0. The molecule has 0 radical (unpaired) electrons. The molecule has 3 aromatic rings. The summed E-state index contributed by atoms with van der Waals surface area (Å²) < 4.78 is 4.64. The summed E-state index contributed by atoms with van der Waals surface area (Å²) in [4.78, 5) is 36.4. The van der Waals surface area contributed by atoms with E-state index >= 15 is 0 Å². The highest BCUT2D eigenvalue weighted by atomic mass is 32.2. The van der Waals surface area contributed by atoms with E-state index in [4.69, 9.17) is 0 Å². The van der Waals surface area contributed by atoms with Gasteiger partial charge in [-0.25, -0.2) is 9.59 Å². The van der Waals surface area contributed by atoms with Gasteiger partial charge in [0.05, 0.1) is 15.4 Å². The van der Waals surface area contributed by atoms with Crippen LogP contribution in [0.2, 0.25) is 0 Å². The summed E-state index contributed by atoms with van der Waals surface area (Å²) in [5, 5.41) is 12.7. The Morgan fingerprint density at radius 2 is 1.44 bits per heavy atom. The summed E-state index contributed by atoms with van der Waals surface area (Å²) in [5.74, 6) is -1.83. The normalized spacial score (nSPS) is 13.0. The number of carbonyl (C=O) groups is 2. The molecule has 0 aliphatic carbocycles. The number of rotatable bonds is 3. The van der Waals surface area contributed by atoms with E-state index in [1.165, 1.54) is 11.8 Å². The Hall–Kier alpha value is -3.19. The quantitative estimate of drug-likeness (QED) is 0.304. The van der Waals surface area contributed by atoms with Crippen LogP contribution in [0, 0.1) is 10.1 Å². The predicted octanol–water partition coefficient (Wildman–Crippen LogP) is 4.21. The summed E-state index contributed by atoms with van der Waals surface area (Å²) in [6.07, 6.45) is 0. The highest BCUT2D eigenvalue weighted by Gasteiger charge is 2.41. The summed E-state index contributed by atoms with van der Waals surface area (Å²) in [5.41, 5.74) is -0.699. The molecule has 4 rings (SSSR count). The molecule has 3 aromatic carbocycles. The van der Waals surface area contributed by atoms with Crippen molar-refractivity contribution < 1.29 is 19.2 Å². The number of ether oxygens (including phenoxy) is 1. The Balaban J connectivity index is 2.11. The molecule has 25 heavy (non-hydrogen) atoms. The van der Waals surface area contributed by atoms with Crippen LogP contribution in [0.1, 0.15) is 20.7 Å². The first-order valence-corrected chi connectivity index (χ1v) is 8.12. The second kappa shape index (κ2) is 5.71. The van der Waals surface area contributed by atoms with Crippen LogP contribution in [-0.4, -0.2) is 16.9 Å². The molecule has 1 aliphatic rings. The van der Waals surface area contributed by atoms with E-state index in [0.717, 1.165) is 4.90 Å². The molecule has 0 N–H and O–H groups in total. The van der Waals surface area contributed by atoms with E-state index in [9.17, 15) is 19.7 Å². The molecule has 0 bridgehead atoms. The van der Waals surface area contributed by atoms with E-state index in [0.29, 0.717) is 15.7 Å². The zero-order valence-corrected chi connectivity index (χ0v) is 13.4. The number of nitro groups is 1. The van der Waals surface area contributed by atoms with Crippen molar-refractivity contribution in [2.24, 2.45) is 0 Å². The minimum absolute atomic E-state index is 0.0373. The third-order valence-corrected chi connectivity index (χ3v) is 5.01. The van der Waals surface area contributed by atoms with Gasteiger partial charge in [-0.1, -0.05) is 54.2 Å². The van der Waals surface area contributed by atoms with Crippen molar-refractivity contribution in [3.05, 3.63) is 75.8 Å². The van der Waals surface area contributed by atoms with Gasteiger partial charge >= 0.3 is 11.9 Å². The third-order valence-electron chi connectivity index (χ3n) is 3.88. The standard InChI is InChI=1S/C18H9NO5S/c20-17-13-11-8-4-5-9-12(11)16(25-10-6-2-1-3-7-10)15(19(22)23)14(13)18(21)24-17/h1-9H. The fourth-order valence-electron chi connectivity index (χ4n) is 2.87. The van der Waals surface area contributed by atoms with Crippen LogP contribution in [0.5, 0.6) is 0 Å². The van der Waals surface area contributed by atoms with Crippen LogP contribution in [0.3, 0.4) is 0 Å². The highest BCUT2D eigenvalue weighted by molar-refractivity contribution is 7.99. The van der Waals surface area contributed by atoms with Gasteiger partial charge in [-0.05, 0) is 17.5 Å². The van der Waals surface area contributed by atoms with Gasteiger partial charge in [0.15, 0.2) is 5.56 Å². The lowest BCUT2D eigenvalue weighted by Crippen LogP contribution is -2.03. The van der Waals surface area contributed by atoms with Gasteiger partial charge in [-0.15, -0.1) is 0 Å². The molecular weight excluding hydrogens is 342 g/mol. The Bertz CT molecular complexity index is 1060. The van der Waals surface area contributed by atoms with E-state index in [2.05, 4.69) is 4.74 Å². The Morgan fingerprint density at radius 3 is 2.12 bits per heavy atom. The van der Waals surface area contributed by atoms with E-state index in [1.807, 2.05) is 30.3 Å². The minimum atomic E-state index is -0.979. The average Bonchev–Trinajstić information content (AvgIpc) is 2.90. The molecule has 1 heterocycles. The zero-order chi connectivity index (χ0) is 17.6. The monoisotopic (exact) mass is 351 g/mol. The number of nitrogens with zero attached hydrogens (tertiary/aromatic N) is 1. The first kappa shape index (κ1) is 15.3. The Morgan fingerprint density at radius 1 is 0.840 bits per heavy atom. The molecule has 7 heteroatoms. The van der Waals surface area contributed by atoms with E-state index < -0.39 is 22.5 Å². The van der Waals surface area contributed by atoms with Gasteiger partial charge in [-0.2, -0.15) is 0 Å². The van der Waals surface area contributed by atoms with Crippen LogP contribution in [0.4, 0.5) is 5.69 Å². The van der Waals surface area contributed by atoms with Crippen LogP contribution >= 0.6 is 11.8 Å². The highest BCUT2D eigenvalue weighted by Crippen LogP contribution is 2.46. The molecule has 0 aromatic heterocycles. The number of fused-ring (bicyclic) bond motifs is 3. The molecule has 122 valence electrons. The lowest BCUT2D eigenvalue weighted by Gasteiger charge is -2.10. The van der Waals surface area contributed by atoms with Gasteiger partial charge in [-0.3, -0.25) is 10.1 Å². The number of hydrogen-bond acceptors (Lipinski definition) is 6. The van der Waals surface area contributed by atoms with Gasteiger partial charge in [0.1, 0.15) is 0 Å². The largest absolute Gasteiger partial charge is 0.385 e. The zero-order valence-electron chi connectivity index (χ0n) is 12.6. The molecule has 0 saturated heterocycles. The van der Waals surface area contributed by atoms with Crippen molar-refractivity contribution in [2.45, 2.75) is 9.79 Å². The summed E-state index contributed by atoms with van der Waals surface area (Å²) in [6.45, 7) is 0. The van der Waals surface area contributed by atoms with E-state index in [-0.39, 0.29) is 11.1 Å². The van der Waals surface area contributed by atoms with Crippen LogP contribution in [-0.2, 0) is 4.74 Å². The maximum atomic E-state index is 12.1. The number of carbonyl (C=O) groups excluding carboxylic acids is 2. The number of cyclic esters (lactones) is 2. The van der Waals surface area contributed by atoms with Crippen LogP contribution in [0.15, 0.2) is 64.4 Å². The molecule has 0 amide bonds. The number of nitro benzene ring substituents is 1. The number of benzene rings is 3. The molecule has 0 saturated carbocycles. The fraction of sp³-hybridized carbons (Fsp3) is 0. The smallest absolute Gasteiger partial charge is 0.354 e. The van der Waals surface area contributed by atoms with Crippen molar-refractivity contribution in [3.8, 4) is 0 Å². The molecule has 0 spiro atoms. The van der Waals surface area contributed by atoms with Gasteiger partial charge in [0, 0.05) is 10.3 Å². The predicted molar refractivity (Wildman–Crippen MR) is 90.9 cm³/mol. The van der Waals surface area contributed by atoms with Gasteiger partial charge in [0.2, 0.25) is 0 Å². The topological polar surface area (TPSA) is 86.5 Å². The average molecular weight is 351 g/mol. The van der Waals surface area contributed by atoms with Gasteiger partial charge < -0.3 is 4.74 Å². The SMILES string of the molecule is O=C1OC(=O)c2c1c([N+](=O)[O-])c(Sc1ccccc1)c1ccccc21. The van der Waals surface area contributed by atoms with Crippen molar-refractivity contribution in [2.75, 3.05) is 0 Å². The molecule has 0 unspecified atom stereocenters.